The van der Waals surface area contributed by atoms with Crippen molar-refractivity contribution in [2.24, 2.45) is 0 Å². The molecule has 1 unspecified atom stereocenters. The van der Waals surface area contributed by atoms with Crippen LogP contribution in [-0.2, 0) is 4.79 Å². The summed E-state index contributed by atoms with van der Waals surface area (Å²) in [5.74, 6) is -0.0161. The van der Waals surface area contributed by atoms with E-state index in [-0.39, 0.29) is 21.7 Å². The maximum atomic E-state index is 13.1. The van der Waals surface area contributed by atoms with Crippen LogP contribution in [0.4, 0.5) is 4.39 Å². The zero-order chi connectivity index (χ0) is 14.1. The molecule has 4 heteroatoms. The first-order valence-corrected chi connectivity index (χ1v) is 8.33. The Labute approximate surface area is 132 Å². The molecule has 0 bridgehead atoms. The van der Waals surface area contributed by atoms with Crippen LogP contribution in [0.3, 0.4) is 0 Å². The number of amides is 1. The predicted octanol–water partition coefficient (Wildman–Crippen LogP) is 4.36. The Kier molecular flexibility index (Phi) is 4.10. The quantitative estimate of drug-likeness (QED) is 0.520. The van der Waals surface area contributed by atoms with E-state index in [1.54, 1.807) is 0 Å². The van der Waals surface area contributed by atoms with Crippen molar-refractivity contribution in [3.63, 3.8) is 0 Å². The summed E-state index contributed by atoms with van der Waals surface area (Å²) < 4.78 is 13.1. The average molecular weight is 385 g/mol. The van der Waals surface area contributed by atoms with Crippen molar-refractivity contribution >= 4 is 28.5 Å². The van der Waals surface area contributed by atoms with Crippen LogP contribution in [0.25, 0.3) is 0 Å². The first-order chi connectivity index (χ1) is 9.66. The maximum absolute atomic E-state index is 13.1. The fourth-order valence-electron chi connectivity index (χ4n) is 3.09. The second-order valence-corrected chi connectivity index (χ2v) is 6.91. The number of carbonyl (C=O) groups is 1. The van der Waals surface area contributed by atoms with E-state index in [4.69, 9.17) is 0 Å². The van der Waals surface area contributed by atoms with Crippen LogP contribution in [-0.4, -0.2) is 14.7 Å². The fourth-order valence-corrected chi connectivity index (χ4v) is 3.75. The normalized spacial score (nSPS) is 26.8. The molecule has 2 nitrogen and oxygen atoms in total. The predicted molar refractivity (Wildman–Crippen MR) is 85.0 cm³/mol. The van der Waals surface area contributed by atoms with Crippen LogP contribution in [0.15, 0.2) is 36.0 Å². The molecule has 106 valence electrons. The minimum atomic E-state index is -0.228. The number of hydrogen-bond acceptors (Lipinski definition) is 1. The van der Waals surface area contributed by atoms with E-state index in [9.17, 15) is 9.18 Å². The van der Waals surface area contributed by atoms with Crippen molar-refractivity contribution in [3.05, 3.63) is 47.4 Å². The molecule has 1 fully saturated rings. The Morgan fingerprint density at radius 1 is 1.20 bits per heavy atom. The largest absolute Gasteiger partial charge is 0.308 e. The summed E-state index contributed by atoms with van der Waals surface area (Å²) in [7, 11) is 0. The van der Waals surface area contributed by atoms with Crippen molar-refractivity contribution < 1.29 is 9.18 Å². The van der Waals surface area contributed by atoms with E-state index in [1.807, 2.05) is 17.0 Å². The monoisotopic (exact) mass is 385 g/mol. The molecule has 1 aromatic rings. The van der Waals surface area contributed by atoms with Gasteiger partial charge in [-0.2, -0.15) is 0 Å². The van der Waals surface area contributed by atoms with Gasteiger partial charge in [0.2, 0.25) is 5.91 Å². The molecule has 0 radical (unpaired) electrons. The highest BCUT2D eigenvalue weighted by Gasteiger charge is 2.35. The average Bonchev–Trinajstić information content (AvgIpc) is 2.60. The number of hydrogen-bond donors (Lipinski definition) is 0. The number of halogens is 2. The number of carbonyl (C=O) groups excluding carboxylic acids is 1. The Balaban J connectivity index is 1.97. The van der Waals surface area contributed by atoms with E-state index in [1.165, 1.54) is 12.1 Å². The molecule has 0 aromatic heterocycles. The number of benzene rings is 1. The van der Waals surface area contributed by atoms with Crippen LogP contribution >= 0.6 is 22.6 Å². The third-order valence-electron chi connectivity index (χ3n) is 4.09. The Morgan fingerprint density at radius 2 is 1.95 bits per heavy atom. The van der Waals surface area contributed by atoms with Crippen molar-refractivity contribution in [3.8, 4) is 0 Å². The molecular weight excluding hydrogens is 368 g/mol. The molecule has 2 atom stereocenters. The number of alkyl halides is 1. The Hall–Kier alpha value is -0.910. The van der Waals surface area contributed by atoms with Gasteiger partial charge in [-0.25, -0.2) is 4.39 Å². The highest BCUT2D eigenvalue weighted by molar-refractivity contribution is 14.1. The molecule has 2 heterocycles. The molecule has 0 N–H and O–H groups in total. The minimum Gasteiger partial charge on any atom is -0.308 e. The van der Waals surface area contributed by atoms with E-state index in [0.29, 0.717) is 0 Å². The molecule has 0 saturated carbocycles. The zero-order valence-electron chi connectivity index (χ0n) is 11.2. The van der Waals surface area contributed by atoms with Gasteiger partial charge in [0, 0.05) is 5.70 Å². The van der Waals surface area contributed by atoms with Gasteiger partial charge in [-0.3, -0.25) is 4.79 Å². The van der Waals surface area contributed by atoms with Crippen LogP contribution < -0.4 is 0 Å². The Bertz CT molecular complexity index is 540. The van der Waals surface area contributed by atoms with Crippen molar-refractivity contribution in [2.75, 3.05) is 0 Å². The van der Waals surface area contributed by atoms with E-state index in [2.05, 4.69) is 28.7 Å². The van der Waals surface area contributed by atoms with Gasteiger partial charge >= 0.3 is 0 Å². The lowest BCUT2D eigenvalue weighted by Gasteiger charge is -2.38. The first-order valence-electron chi connectivity index (χ1n) is 7.08. The molecule has 0 aliphatic carbocycles. The second kappa shape index (κ2) is 5.84. The second-order valence-electron chi connectivity index (χ2n) is 5.41. The van der Waals surface area contributed by atoms with E-state index < -0.39 is 0 Å². The van der Waals surface area contributed by atoms with Crippen LogP contribution in [0.1, 0.15) is 43.7 Å². The molecule has 1 amide bonds. The van der Waals surface area contributed by atoms with Crippen molar-refractivity contribution in [2.45, 2.75) is 42.1 Å². The molecule has 1 aromatic carbocycles. The summed E-state index contributed by atoms with van der Waals surface area (Å²) in [5, 5.41) is 0. The number of nitrogens with zero attached hydrogens (tertiary/aromatic N) is 1. The number of fused-ring (bicyclic) bond motifs is 1. The van der Waals surface area contributed by atoms with Crippen LogP contribution in [0, 0.1) is 5.82 Å². The van der Waals surface area contributed by atoms with Gasteiger partial charge in [0.05, 0.1) is 9.97 Å². The zero-order valence-corrected chi connectivity index (χ0v) is 13.3. The fraction of sp³-hybridized carbons (Fsp3) is 0.438. The topological polar surface area (TPSA) is 20.3 Å². The third-order valence-corrected chi connectivity index (χ3v) is 5.25. The molecule has 0 spiro atoms. The molecule has 2 aliphatic heterocycles. The summed E-state index contributed by atoms with van der Waals surface area (Å²) >= 11 is 2.25. The molecule has 2 aliphatic rings. The third kappa shape index (κ3) is 2.62. The van der Waals surface area contributed by atoms with Crippen LogP contribution in [0.2, 0.25) is 0 Å². The van der Waals surface area contributed by atoms with Gasteiger partial charge in [0.15, 0.2) is 0 Å². The summed E-state index contributed by atoms with van der Waals surface area (Å²) in [6.07, 6.45) is 7.12. The van der Waals surface area contributed by atoms with Gasteiger partial charge in [0.1, 0.15) is 5.82 Å². The summed E-state index contributed by atoms with van der Waals surface area (Å²) in [6.45, 7) is 0. The standard InChI is InChI=1S/C16H17FINO/c17-12-9-7-11(8-10-12)15-6-2-4-13-3-1-5-14(18)16(20)19(13)15/h3,7-10,14-15H,1-2,4-6H2/t14?,15-/m1/s1. The lowest BCUT2D eigenvalue weighted by molar-refractivity contribution is -0.131. The van der Waals surface area contributed by atoms with Crippen molar-refractivity contribution in [1.29, 1.82) is 0 Å². The summed E-state index contributed by atoms with van der Waals surface area (Å²) in [5.41, 5.74) is 2.20. The lowest BCUT2D eigenvalue weighted by atomic mass is 9.93. The maximum Gasteiger partial charge on any atom is 0.240 e. The number of piperidine rings is 1. The molecular formula is C16H17FINO. The highest BCUT2D eigenvalue weighted by atomic mass is 127. The van der Waals surface area contributed by atoms with E-state index in [0.717, 1.165) is 43.4 Å². The van der Waals surface area contributed by atoms with Gasteiger partial charge < -0.3 is 4.90 Å². The molecule has 20 heavy (non-hydrogen) atoms. The summed E-state index contributed by atoms with van der Waals surface area (Å²) in [6, 6.07) is 6.65. The summed E-state index contributed by atoms with van der Waals surface area (Å²) in [4.78, 5) is 14.6. The Morgan fingerprint density at radius 3 is 2.70 bits per heavy atom. The highest BCUT2D eigenvalue weighted by Crippen LogP contribution is 2.39. The lowest BCUT2D eigenvalue weighted by Crippen LogP contribution is -2.40. The smallest absolute Gasteiger partial charge is 0.240 e. The molecule has 3 rings (SSSR count). The van der Waals surface area contributed by atoms with Crippen LogP contribution in [0.5, 0.6) is 0 Å². The first kappa shape index (κ1) is 14.0. The number of allylic oxidation sites excluding steroid dienone is 2. The SMILES string of the molecule is O=C1C(I)CCC=C2CCC[C@H](c3ccc(F)cc3)N12. The van der Waals surface area contributed by atoms with Gasteiger partial charge in [0.25, 0.3) is 0 Å². The van der Waals surface area contributed by atoms with Gasteiger partial charge in [-0.05, 0) is 49.8 Å². The van der Waals surface area contributed by atoms with E-state index >= 15 is 0 Å². The van der Waals surface area contributed by atoms with Gasteiger partial charge in [-0.15, -0.1) is 0 Å². The van der Waals surface area contributed by atoms with Gasteiger partial charge in [-0.1, -0.05) is 40.8 Å². The minimum absolute atomic E-state index is 0.0439. The number of rotatable bonds is 1. The molecule has 1 saturated heterocycles. The van der Waals surface area contributed by atoms with Crippen molar-refractivity contribution in [1.82, 2.24) is 4.90 Å².